The second-order valence-corrected chi connectivity index (χ2v) is 7.97. The number of halogens is 3. The zero-order valence-corrected chi connectivity index (χ0v) is 20.1. The molecule has 1 aromatic carbocycles. The number of carbonyl (C=O) groups is 1. The zero-order chi connectivity index (χ0) is 25.5. The normalized spacial score (nSPS) is 13.6. The summed E-state index contributed by atoms with van der Waals surface area (Å²) in [4.78, 5) is 11.4. The Hall–Kier alpha value is -2.46. The summed E-state index contributed by atoms with van der Waals surface area (Å²) in [5.74, 6) is -0.204. The number of benzene rings is 1. The molecule has 1 aromatic rings. The van der Waals surface area contributed by atoms with E-state index in [1.807, 2.05) is 0 Å². The van der Waals surface area contributed by atoms with Crippen LogP contribution in [0.5, 0.6) is 5.75 Å². The standard InChI is InChI=1S/C24H36F3NO6/c1-4-5-6-7-8-14-34-21-10-9-19(16-20(21)24(25,26)27)11-12-23(13-15-31-2,28-22(29)30)17-33-18-32-3/h9-10,13,15-16,28H,4-8,11-12,14,17-18H2,1-3H3,(H,29,30). The fraction of sp³-hybridized carbons (Fsp3) is 0.625. The third-order valence-corrected chi connectivity index (χ3v) is 5.15. The van der Waals surface area contributed by atoms with Crippen LogP contribution in [0.3, 0.4) is 0 Å². The molecule has 1 rings (SSSR count). The smallest absolute Gasteiger partial charge is 0.419 e. The molecule has 0 radical (unpaired) electrons. The van der Waals surface area contributed by atoms with Crippen LogP contribution in [0, 0.1) is 0 Å². The van der Waals surface area contributed by atoms with Gasteiger partial charge in [-0.05, 0) is 43.0 Å². The monoisotopic (exact) mass is 491 g/mol. The Labute approximate surface area is 199 Å². The van der Waals surface area contributed by atoms with Gasteiger partial charge in [0.25, 0.3) is 0 Å². The molecule has 0 saturated carbocycles. The number of rotatable bonds is 17. The largest absolute Gasteiger partial charge is 0.505 e. The molecule has 0 heterocycles. The summed E-state index contributed by atoms with van der Waals surface area (Å²) in [6.45, 7) is 2.14. The van der Waals surface area contributed by atoms with E-state index < -0.39 is 23.4 Å². The van der Waals surface area contributed by atoms with Crippen LogP contribution < -0.4 is 10.1 Å². The van der Waals surface area contributed by atoms with Crippen molar-refractivity contribution in [2.24, 2.45) is 0 Å². The molecule has 194 valence electrons. The molecule has 1 unspecified atom stereocenters. The highest BCUT2D eigenvalue weighted by Gasteiger charge is 2.35. The van der Waals surface area contributed by atoms with Gasteiger partial charge in [0.2, 0.25) is 0 Å². The molecule has 1 atom stereocenters. The molecule has 0 fully saturated rings. The van der Waals surface area contributed by atoms with Gasteiger partial charge in [0.05, 0.1) is 37.7 Å². The number of unbranched alkanes of at least 4 members (excludes halogenated alkanes) is 4. The van der Waals surface area contributed by atoms with E-state index in [-0.39, 0.29) is 38.6 Å². The molecule has 0 aliphatic carbocycles. The van der Waals surface area contributed by atoms with Crippen LogP contribution in [0.4, 0.5) is 18.0 Å². The quantitative estimate of drug-likeness (QED) is 0.163. The van der Waals surface area contributed by atoms with Gasteiger partial charge < -0.3 is 29.4 Å². The first kappa shape index (κ1) is 29.6. The predicted octanol–water partition coefficient (Wildman–Crippen LogP) is 5.77. The number of nitrogens with one attached hydrogen (secondary N) is 1. The van der Waals surface area contributed by atoms with Crippen molar-refractivity contribution in [1.29, 1.82) is 0 Å². The summed E-state index contributed by atoms with van der Waals surface area (Å²) >= 11 is 0. The van der Waals surface area contributed by atoms with Crippen molar-refractivity contribution in [3.05, 3.63) is 41.7 Å². The Kier molecular flexibility index (Phi) is 13.4. The molecule has 0 aromatic heterocycles. The third kappa shape index (κ3) is 11.1. The van der Waals surface area contributed by atoms with Crippen molar-refractivity contribution in [3.63, 3.8) is 0 Å². The number of amides is 1. The maximum Gasteiger partial charge on any atom is 0.419 e. The average molecular weight is 492 g/mol. The SMILES string of the molecule is CCCCCCCOc1ccc(CCC(C=COC)(COCOC)NC(=O)O)cc1C(F)(F)F. The molecule has 34 heavy (non-hydrogen) atoms. The minimum absolute atomic E-state index is 0.0768. The number of alkyl halides is 3. The Morgan fingerprint density at radius 2 is 1.88 bits per heavy atom. The summed E-state index contributed by atoms with van der Waals surface area (Å²) in [6.07, 6.45) is 1.96. The molecule has 0 saturated heterocycles. The first-order valence-corrected chi connectivity index (χ1v) is 11.3. The van der Waals surface area contributed by atoms with Crippen LogP contribution in [0.2, 0.25) is 0 Å². The number of hydrogen-bond donors (Lipinski definition) is 2. The highest BCUT2D eigenvalue weighted by atomic mass is 19.4. The molecule has 10 heteroatoms. The summed E-state index contributed by atoms with van der Waals surface area (Å²) in [5, 5.41) is 11.7. The molecule has 0 spiro atoms. The van der Waals surface area contributed by atoms with E-state index in [1.54, 1.807) is 6.07 Å². The second-order valence-electron chi connectivity index (χ2n) is 7.97. The summed E-state index contributed by atoms with van der Waals surface area (Å²) in [6, 6.07) is 3.93. The van der Waals surface area contributed by atoms with Crippen molar-refractivity contribution in [2.75, 3.05) is 34.2 Å². The Morgan fingerprint density at radius 3 is 2.50 bits per heavy atom. The molecular formula is C24H36F3NO6. The van der Waals surface area contributed by atoms with Crippen LogP contribution >= 0.6 is 0 Å². The van der Waals surface area contributed by atoms with E-state index in [1.165, 1.54) is 32.6 Å². The number of carboxylic acid groups (broad SMARTS) is 1. The second kappa shape index (κ2) is 15.4. The Bertz CT molecular complexity index is 757. The first-order chi connectivity index (χ1) is 16.2. The fourth-order valence-corrected chi connectivity index (χ4v) is 3.40. The molecule has 2 N–H and O–H groups in total. The van der Waals surface area contributed by atoms with Crippen molar-refractivity contribution in [2.45, 2.75) is 63.6 Å². The minimum Gasteiger partial charge on any atom is -0.505 e. The van der Waals surface area contributed by atoms with Crippen LogP contribution in [-0.4, -0.2) is 51.0 Å². The van der Waals surface area contributed by atoms with Crippen molar-refractivity contribution < 1.29 is 42.0 Å². The van der Waals surface area contributed by atoms with Crippen LogP contribution in [0.25, 0.3) is 0 Å². The fourth-order valence-electron chi connectivity index (χ4n) is 3.40. The number of aryl methyl sites for hydroxylation is 1. The number of methoxy groups -OCH3 is 2. The van der Waals surface area contributed by atoms with Crippen molar-refractivity contribution in [1.82, 2.24) is 5.32 Å². The summed E-state index contributed by atoms with van der Waals surface area (Å²) < 4.78 is 61.6. The minimum atomic E-state index is -4.58. The number of hydrogen-bond acceptors (Lipinski definition) is 5. The van der Waals surface area contributed by atoms with Gasteiger partial charge in [-0.1, -0.05) is 38.7 Å². The van der Waals surface area contributed by atoms with Gasteiger partial charge in [-0.15, -0.1) is 0 Å². The summed E-state index contributed by atoms with van der Waals surface area (Å²) in [7, 11) is 2.82. The van der Waals surface area contributed by atoms with Crippen LogP contribution in [0.15, 0.2) is 30.5 Å². The lowest BCUT2D eigenvalue weighted by Gasteiger charge is -2.30. The van der Waals surface area contributed by atoms with E-state index in [4.69, 9.17) is 18.9 Å². The summed E-state index contributed by atoms with van der Waals surface area (Å²) in [5.41, 5.74) is -1.69. The Morgan fingerprint density at radius 1 is 1.15 bits per heavy atom. The van der Waals surface area contributed by atoms with Gasteiger partial charge in [0.1, 0.15) is 12.5 Å². The van der Waals surface area contributed by atoms with E-state index in [0.29, 0.717) is 12.0 Å². The van der Waals surface area contributed by atoms with E-state index in [9.17, 15) is 23.1 Å². The van der Waals surface area contributed by atoms with Gasteiger partial charge in [-0.2, -0.15) is 13.2 Å². The van der Waals surface area contributed by atoms with Crippen LogP contribution in [0.1, 0.15) is 56.6 Å². The maximum atomic E-state index is 13.7. The average Bonchev–Trinajstić information content (AvgIpc) is 2.78. The topological polar surface area (TPSA) is 86.3 Å². The molecule has 1 amide bonds. The lowest BCUT2D eigenvalue weighted by molar-refractivity contribution is -0.139. The van der Waals surface area contributed by atoms with E-state index in [0.717, 1.165) is 31.7 Å². The molecule has 7 nitrogen and oxygen atoms in total. The van der Waals surface area contributed by atoms with Crippen LogP contribution in [-0.2, 0) is 26.8 Å². The van der Waals surface area contributed by atoms with Gasteiger partial charge in [0.15, 0.2) is 0 Å². The lowest BCUT2D eigenvalue weighted by Crippen LogP contribution is -2.50. The predicted molar refractivity (Wildman–Crippen MR) is 122 cm³/mol. The number of ether oxygens (including phenoxy) is 4. The van der Waals surface area contributed by atoms with E-state index in [2.05, 4.69) is 12.2 Å². The van der Waals surface area contributed by atoms with Gasteiger partial charge in [0, 0.05) is 7.11 Å². The molecule has 0 aliphatic heterocycles. The highest BCUT2D eigenvalue weighted by molar-refractivity contribution is 5.66. The molecule has 0 bridgehead atoms. The Balaban J connectivity index is 3.00. The van der Waals surface area contributed by atoms with Gasteiger partial charge >= 0.3 is 12.3 Å². The third-order valence-electron chi connectivity index (χ3n) is 5.15. The highest BCUT2D eigenvalue weighted by Crippen LogP contribution is 2.37. The maximum absolute atomic E-state index is 13.7. The molecular weight excluding hydrogens is 455 g/mol. The van der Waals surface area contributed by atoms with Crippen molar-refractivity contribution >= 4 is 6.09 Å². The van der Waals surface area contributed by atoms with Gasteiger partial charge in [-0.3, -0.25) is 0 Å². The first-order valence-electron chi connectivity index (χ1n) is 11.3. The van der Waals surface area contributed by atoms with Crippen molar-refractivity contribution in [3.8, 4) is 5.75 Å². The van der Waals surface area contributed by atoms with Gasteiger partial charge in [-0.25, -0.2) is 4.79 Å². The van der Waals surface area contributed by atoms with E-state index >= 15 is 0 Å². The molecule has 0 aliphatic rings. The zero-order valence-electron chi connectivity index (χ0n) is 20.1. The lowest BCUT2D eigenvalue weighted by atomic mass is 9.91.